The summed E-state index contributed by atoms with van der Waals surface area (Å²) < 4.78 is 28.1. The Morgan fingerprint density at radius 3 is 2.77 bits per heavy atom. The van der Waals surface area contributed by atoms with Crippen molar-refractivity contribution in [3.05, 3.63) is 24.1 Å². The van der Waals surface area contributed by atoms with Gasteiger partial charge in [0, 0.05) is 11.5 Å². The third-order valence-corrected chi connectivity index (χ3v) is 4.26. The summed E-state index contributed by atoms with van der Waals surface area (Å²) in [4.78, 5) is 3.53. The second kappa shape index (κ2) is 3.06. The first-order valence-electron chi connectivity index (χ1n) is 4.03. The molecular weight excluding hydrogens is 191 g/mol. The van der Waals surface area contributed by atoms with Crippen molar-refractivity contribution >= 4 is 15.5 Å². The molecule has 0 unspecified atom stereocenters. The van der Waals surface area contributed by atoms with Gasteiger partial charge in [-0.25, -0.2) is 4.21 Å². The van der Waals surface area contributed by atoms with Crippen molar-refractivity contribution in [1.29, 1.82) is 0 Å². The van der Waals surface area contributed by atoms with Gasteiger partial charge in [0.1, 0.15) is 0 Å². The van der Waals surface area contributed by atoms with Crippen molar-refractivity contribution < 1.29 is 8.60 Å². The largest absolute Gasteiger partial charge is 0.249 e. The number of hydrogen-bond acceptors (Lipinski definition) is 3. The smallest absolute Gasteiger partial charge is 0.214 e. The monoisotopic (exact) mass is 200 g/mol. The van der Waals surface area contributed by atoms with Gasteiger partial charge in [0.05, 0.1) is 9.73 Å². The van der Waals surface area contributed by atoms with Crippen LogP contribution in [-0.2, 0) is 9.73 Å². The normalized spacial score (nSPS) is 19.2. The fraction of sp³-hybridized carbons (Fsp3) is 0.375. The van der Waals surface area contributed by atoms with Crippen LogP contribution in [0.15, 0.2) is 22.6 Å². The predicted molar refractivity (Wildman–Crippen MR) is 48.8 cm³/mol. The van der Waals surface area contributed by atoms with E-state index in [4.69, 9.17) is 0 Å². The molecule has 0 aliphatic carbocycles. The van der Waals surface area contributed by atoms with Gasteiger partial charge in [-0.05, 0) is 18.6 Å². The highest BCUT2D eigenvalue weighted by atomic mass is 32.2. The number of halogens is 1. The van der Waals surface area contributed by atoms with Gasteiger partial charge in [0.2, 0.25) is 5.95 Å². The van der Waals surface area contributed by atoms with Crippen LogP contribution in [-0.4, -0.2) is 20.7 Å². The number of aromatic nitrogens is 1. The maximum atomic E-state index is 12.6. The molecule has 0 aromatic carbocycles. The summed E-state index contributed by atoms with van der Waals surface area (Å²) >= 11 is 0. The average Bonchev–Trinajstić information content (AvgIpc) is 2.01. The van der Waals surface area contributed by atoms with Gasteiger partial charge in [0.15, 0.2) is 5.82 Å². The highest BCUT2D eigenvalue weighted by molar-refractivity contribution is 7.95. The molecule has 0 N–H and O–H groups in total. The molecule has 1 aromatic rings. The van der Waals surface area contributed by atoms with E-state index in [-0.39, 0.29) is 5.82 Å². The molecule has 1 saturated heterocycles. The van der Waals surface area contributed by atoms with E-state index in [0.29, 0.717) is 11.5 Å². The third kappa shape index (κ3) is 1.85. The van der Waals surface area contributed by atoms with Crippen LogP contribution in [0, 0.1) is 5.95 Å². The van der Waals surface area contributed by atoms with Crippen LogP contribution < -0.4 is 0 Å². The van der Waals surface area contributed by atoms with Crippen LogP contribution in [0.4, 0.5) is 10.2 Å². The van der Waals surface area contributed by atoms with Gasteiger partial charge >= 0.3 is 0 Å². The van der Waals surface area contributed by atoms with E-state index in [0.717, 1.165) is 6.42 Å². The Morgan fingerprint density at radius 2 is 2.23 bits per heavy atom. The first-order valence-corrected chi connectivity index (χ1v) is 5.88. The minimum atomic E-state index is -2.06. The van der Waals surface area contributed by atoms with E-state index in [2.05, 4.69) is 9.35 Å². The summed E-state index contributed by atoms with van der Waals surface area (Å²) in [5, 5.41) is 0. The third-order valence-electron chi connectivity index (χ3n) is 1.89. The topological polar surface area (TPSA) is 42.3 Å². The molecule has 2 rings (SSSR count). The number of pyridine rings is 1. The standard InChI is InChI=1S/C8H9FN2OS/c9-7-3-1-4-8(10-7)11-13(12)5-2-6-13/h1,3-4H,2,5-6H2. The lowest BCUT2D eigenvalue weighted by Crippen LogP contribution is -2.23. The maximum absolute atomic E-state index is 12.6. The van der Waals surface area contributed by atoms with E-state index in [1.165, 1.54) is 12.1 Å². The van der Waals surface area contributed by atoms with Crippen molar-refractivity contribution in [2.24, 2.45) is 4.36 Å². The minimum absolute atomic E-state index is 0.240. The zero-order valence-corrected chi connectivity index (χ0v) is 7.76. The van der Waals surface area contributed by atoms with E-state index in [1.807, 2.05) is 0 Å². The molecule has 0 atom stereocenters. The number of hydrogen-bond donors (Lipinski definition) is 0. The molecule has 1 aliphatic heterocycles. The Hall–Kier alpha value is -0.970. The van der Waals surface area contributed by atoms with Crippen molar-refractivity contribution in [2.45, 2.75) is 6.42 Å². The van der Waals surface area contributed by atoms with E-state index < -0.39 is 15.7 Å². The summed E-state index contributed by atoms with van der Waals surface area (Å²) in [5.74, 6) is 0.893. The summed E-state index contributed by atoms with van der Waals surface area (Å²) in [6.45, 7) is 0. The van der Waals surface area contributed by atoms with Crippen LogP contribution >= 0.6 is 0 Å². The van der Waals surface area contributed by atoms with Gasteiger partial charge in [-0.3, -0.25) is 0 Å². The summed E-state index contributed by atoms with van der Waals surface area (Å²) in [7, 11) is -2.06. The molecule has 1 fully saturated rings. The fourth-order valence-electron chi connectivity index (χ4n) is 1.10. The molecule has 0 radical (unpaired) electrons. The Labute approximate surface area is 76.2 Å². The second-order valence-corrected chi connectivity index (χ2v) is 5.49. The molecule has 0 bridgehead atoms. The average molecular weight is 200 g/mol. The molecule has 0 spiro atoms. The van der Waals surface area contributed by atoms with Gasteiger partial charge < -0.3 is 0 Å². The van der Waals surface area contributed by atoms with Crippen molar-refractivity contribution in [2.75, 3.05) is 11.5 Å². The zero-order chi connectivity index (χ0) is 9.31. The first-order chi connectivity index (χ1) is 6.18. The lowest BCUT2D eigenvalue weighted by Gasteiger charge is -2.17. The van der Waals surface area contributed by atoms with Gasteiger partial charge in [-0.15, -0.1) is 0 Å². The highest BCUT2D eigenvalue weighted by Gasteiger charge is 2.19. The molecule has 70 valence electrons. The second-order valence-electron chi connectivity index (χ2n) is 2.94. The van der Waals surface area contributed by atoms with Gasteiger partial charge in [0.25, 0.3) is 0 Å². The van der Waals surface area contributed by atoms with Gasteiger partial charge in [-0.2, -0.15) is 13.7 Å². The van der Waals surface area contributed by atoms with Gasteiger partial charge in [-0.1, -0.05) is 6.07 Å². The number of nitrogens with zero attached hydrogens (tertiary/aromatic N) is 2. The lowest BCUT2D eigenvalue weighted by molar-refractivity contribution is 0.585. The van der Waals surface area contributed by atoms with E-state index in [9.17, 15) is 8.60 Å². The predicted octanol–water partition coefficient (Wildman–Crippen LogP) is 1.72. The van der Waals surface area contributed by atoms with Crippen molar-refractivity contribution in [3.63, 3.8) is 0 Å². The Bertz CT molecular complexity index is 428. The minimum Gasteiger partial charge on any atom is -0.249 e. The van der Waals surface area contributed by atoms with Crippen LogP contribution in [0.2, 0.25) is 0 Å². The lowest BCUT2D eigenvalue weighted by atomic mass is 10.5. The fourth-order valence-corrected chi connectivity index (χ4v) is 2.51. The quantitative estimate of drug-likeness (QED) is 0.648. The number of rotatable bonds is 1. The Kier molecular flexibility index (Phi) is 2.03. The summed E-state index contributed by atoms with van der Waals surface area (Å²) in [6.07, 6.45) is 0.942. The SMILES string of the molecule is O=S1(=Nc2cccc(F)n2)CCC1. The van der Waals surface area contributed by atoms with Crippen LogP contribution in [0.5, 0.6) is 0 Å². The maximum Gasteiger partial charge on any atom is 0.214 e. The summed E-state index contributed by atoms with van der Waals surface area (Å²) in [6, 6.07) is 4.32. The van der Waals surface area contributed by atoms with Crippen LogP contribution in [0.1, 0.15) is 6.42 Å². The molecule has 13 heavy (non-hydrogen) atoms. The molecule has 1 aliphatic rings. The van der Waals surface area contributed by atoms with E-state index in [1.54, 1.807) is 6.07 Å². The highest BCUT2D eigenvalue weighted by Crippen LogP contribution is 2.19. The van der Waals surface area contributed by atoms with Crippen LogP contribution in [0.25, 0.3) is 0 Å². The molecule has 0 saturated carbocycles. The molecule has 3 nitrogen and oxygen atoms in total. The van der Waals surface area contributed by atoms with Crippen LogP contribution in [0.3, 0.4) is 0 Å². The van der Waals surface area contributed by atoms with Crippen molar-refractivity contribution in [1.82, 2.24) is 4.98 Å². The molecular formula is C8H9FN2OS. The first kappa shape index (κ1) is 8.62. The Morgan fingerprint density at radius 1 is 1.46 bits per heavy atom. The molecule has 1 aromatic heterocycles. The summed E-state index contributed by atoms with van der Waals surface area (Å²) in [5.41, 5.74) is 0. The molecule has 2 heterocycles. The molecule has 0 amide bonds. The molecule has 5 heteroatoms. The van der Waals surface area contributed by atoms with Crippen molar-refractivity contribution in [3.8, 4) is 0 Å². The van der Waals surface area contributed by atoms with E-state index >= 15 is 0 Å². The Balaban J connectivity index is 2.37. The zero-order valence-electron chi connectivity index (χ0n) is 6.94.